The van der Waals surface area contributed by atoms with E-state index in [-0.39, 0.29) is 16.4 Å². The van der Waals surface area contributed by atoms with Gasteiger partial charge in [0.05, 0.1) is 10.3 Å². The van der Waals surface area contributed by atoms with Crippen LogP contribution in [0.15, 0.2) is 65.5 Å². The number of nitrogens with zero attached hydrogens (tertiary/aromatic N) is 2. The summed E-state index contributed by atoms with van der Waals surface area (Å²) in [6.45, 7) is 6.28. The normalized spacial score (nSPS) is 18.5. The minimum absolute atomic E-state index is 0.119. The van der Waals surface area contributed by atoms with Gasteiger partial charge in [-0.2, -0.15) is 0 Å². The lowest BCUT2D eigenvalue weighted by molar-refractivity contribution is -0.113. The molecule has 0 spiro atoms. The number of para-hydroxylation sites is 1. The summed E-state index contributed by atoms with van der Waals surface area (Å²) in [5.74, 6) is 0.119. The Morgan fingerprint density at radius 3 is 2.58 bits per heavy atom. The lowest BCUT2D eigenvalue weighted by Crippen LogP contribution is -2.25. The van der Waals surface area contributed by atoms with E-state index in [2.05, 4.69) is 41.9 Å². The van der Waals surface area contributed by atoms with Crippen molar-refractivity contribution in [2.45, 2.75) is 36.5 Å². The molecule has 24 heavy (non-hydrogen) atoms. The molecule has 1 aromatic heterocycles. The lowest BCUT2D eigenvalue weighted by atomic mass is 9.83. The highest BCUT2D eigenvalue weighted by Crippen LogP contribution is 2.46. The highest BCUT2D eigenvalue weighted by molar-refractivity contribution is 8.00. The Kier molecular flexibility index (Phi) is 4.50. The Morgan fingerprint density at radius 2 is 1.92 bits per heavy atom. The number of anilines is 1. The molecule has 3 nitrogen and oxygen atoms in total. The average molecular weight is 338 g/mol. The number of ketones is 1. The molecular weight excluding hydrogens is 316 g/mol. The highest BCUT2D eigenvalue weighted by atomic mass is 32.2. The van der Waals surface area contributed by atoms with Crippen molar-refractivity contribution >= 4 is 23.2 Å². The average Bonchev–Trinajstić information content (AvgIpc) is 2.77. The summed E-state index contributed by atoms with van der Waals surface area (Å²) < 4.78 is 0. The summed E-state index contributed by atoms with van der Waals surface area (Å²) in [7, 11) is 2.03. The maximum absolute atomic E-state index is 12.7. The molecule has 0 radical (unpaired) electrons. The summed E-state index contributed by atoms with van der Waals surface area (Å²) >= 11 is 1.50. The van der Waals surface area contributed by atoms with Crippen LogP contribution in [0.25, 0.3) is 0 Å². The second kappa shape index (κ2) is 6.44. The highest BCUT2D eigenvalue weighted by Gasteiger charge is 2.38. The van der Waals surface area contributed by atoms with Crippen molar-refractivity contribution < 1.29 is 4.79 Å². The first-order valence-electron chi connectivity index (χ1n) is 8.08. The second-order valence-corrected chi connectivity index (χ2v) is 7.92. The molecule has 124 valence electrons. The Labute approximate surface area is 147 Å². The molecular formula is C20H22N2OS. The van der Waals surface area contributed by atoms with Crippen LogP contribution in [0.2, 0.25) is 0 Å². The fourth-order valence-corrected chi connectivity index (χ4v) is 3.99. The molecule has 0 amide bonds. The number of rotatable bonds is 4. The molecule has 1 aromatic carbocycles. The number of allylic oxidation sites excluding steroid dienone is 2. The quantitative estimate of drug-likeness (QED) is 0.609. The lowest BCUT2D eigenvalue weighted by Gasteiger charge is -2.24. The van der Waals surface area contributed by atoms with Crippen LogP contribution in [-0.4, -0.2) is 23.1 Å². The second-order valence-electron chi connectivity index (χ2n) is 6.56. The van der Waals surface area contributed by atoms with Gasteiger partial charge in [-0.1, -0.05) is 49.9 Å². The van der Waals surface area contributed by atoms with Crippen LogP contribution in [0.4, 0.5) is 5.69 Å². The number of benzene rings is 1. The third-order valence-corrected chi connectivity index (χ3v) is 5.62. The van der Waals surface area contributed by atoms with Crippen LogP contribution >= 0.6 is 11.8 Å². The van der Waals surface area contributed by atoms with Crippen molar-refractivity contribution in [1.82, 2.24) is 4.98 Å². The summed E-state index contributed by atoms with van der Waals surface area (Å²) in [6.07, 6.45) is 3.56. The maximum atomic E-state index is 12.7. The molecule has 0 N–H and O–H groups in total. The van der Waals surface area contributed by atoms with E-state index in [9.17, 15) is 4.79 Å². The zero-order chi connectivity index (χ0) is 17.3. The zero-order valence-corrected chi connectivity index (χ0v) is 15.3. The molecule has 4 heteroatoms. The van der Waals surface area contributed by atoms with Crippen molar-refractivity contribution in [3.05, 3.63) is 66.0 Å². The summed E-state index contributed by atoms with van der Waals surface area (Å²) in [5.41, 5.74) is 3.31. The van der Waals surface area contributed by atoms with Gasteiger partial charge in [0.25, 0.3) is 0 Å². The van der Waals surface area contributed by atoms with Gasteiger partial charge in [-0.05, 0) is 30.7 Å². The molecule has 0 saturated heterocycles. The van der Waals surface area contributed by atoms with Crippen molar-refractivity contribution in [2.75, 3.05) is 11.9 Å². The zero-order valence-electron chi connectivity index (χ0n) is 14.5. The van der Waals surface area contributed by atoms with Gasteiger partial charge < -0.3 is 4.90 Å². The van der Waals surface area contributed by atoms with Crippen LogP contribution in [0.1, 0.15) is 26.3 Å². The standard InChI is InChI=1S/C20H22N2OS/c1-14(24-19-11-7-8-12-21-19)17(23)13-18-20(2,3)15-9-5-6-10-16(15)22(18)4/h5-14H,1-4H3/b18-13-/t14-/m1/s1. The van der Waals surface area contributed by atoms with E-state index >= 15 is 0 Å². The number of hydrogen-bond donors (Lipinski definition) is 0. The van der Waals surface area contributed by atoms with Crippen molar-refractivity contribution in [3.63, 3.8) is 0 Å². The molecule has 0 unspecified atom stereocenters. The fourth-order valence-electron chi connectivity index (χ4n) is 3.17. The number of thioether (sulfide) groups is 1. The van der Waals surface area contributed by atoms with Gasteiger partial charge in [-0.25, -0.2) is 4.98 Å². The van der Waals surface area contributed by atoms with Crippen molar-refractivity contribution in [1.29, 1.82) is 0 Å². The molecule has 3 rings (SSSR count). The van der Waals surface area contributed by atoms with Crippen LogP contribution in [0, 0.1) is 0 Å². The van der Waals surface area contributed by atoms with E-state index in [0.29, 0.717) is 0 Å². The number of pyridine rings is 1. The van der Waals surface area contributed by atoms with Gasteiger partial charge in [0.2, 0.25) is 0 Å². The van der Waals surface area contributed by atoms with Gasteiger partial charge in [0, 0.05) is 36.1 Å². The molecule has 0 saturated carbocycles. The number of aromatic nitrogens is 1. The monoisotopic (exact) mass is 338 g/mol. The number of likely N-dealkylation sites (N-methyl/N-ethyl adjacent to an activating group) is 1. The van der Waals surface area contributed by atoms with E-state index in [1.54, 1.807) is 12.3 Å². The first-order chi connectivity index (χ1) is 11.4. The van der Waals surface area contributed by atoms with Crippen molar-refractivity contribution in [3.8, 4) is 0 Å². The van der Waals surface area contributed by atoms with Crippen LogP contribution in [0.5, 0.6) is 0 Å². The Morgan fingerprint density at radius 1 is 1.21 bits per heavy atom. The third kappa shape index (κ3) is 2.98. The van der Waals surface area contributed by atoms with Crippen LogP contribution < -0.4 is 4.90 Å². The van der Waals surface area contributed by atoms with Gasteiger partial charge in [0.15, 0.2) is 5.78 Å². The van der Waals surface area contributed by atoms with Crippen molar-refractivity contribution in [2.24, 2.45) is 0 Å². The SMILES string of the molecule is C[C@@H](Sc1ccccn1)C(=O)/C=C1\N(C)c2ccccc2C1(C)C. The summed E-state index contributed by atoms with van der Waals surface area (Å²) in [6, 6.07) is 14.1. The molecule has 0 bridgehead atoms. The fraction of sp³-hybridized carbons (Fsp3) is 0.300. The minimum atomic E-state index is -0.170. The topological polar surface area (TPSA) is 33.2 Å². The van der Waals surface area contributed by atoms with Gasteiger partial charge >= 0.3 is 0 Å². The molecule has 2 heterocycles. The molecule has 1 atom stereocenters. The molecule has 1 aliphatic rings. The van der Waals surface area contributed by atoms with Crippen LogP contribution in [0.3, 0.4) is 0 Å². The molecule has 2 aromatic rings. The maximum Gasteiger partial charge on any atom is 0.170 e. The first-order valence-corrected chi connectivity index (χ1v) is 8.96. The molecule has 0 fully saturated rings. The van der Waals surface area contributed by atoms with Gasteiger partial charge in [-0.3, -0.25) is 4.79 Å². The van der Waals surface area contributed by atoms with Crippen LogP contribution in [-0.2, 0) is 10.2 Å². The van der Waals surface area contributed by atoms with E-state index in [1.165, 1.54) is 23.0 Å². The number of carbonyl (C=O) groups is 1. The van der Waals surface area contributed by atoms with Gasteiger partial charge in [-0.15, -0.1) is 0 Å². The Hall–Kier alpha value is -2.07. The van der Waals surface area contributed by atoms with E-state index in [1.807, 2.05) is 38.2 Å². The van der Waals surface area contributed by atoms with E-state index < -0.39 is 0 Å². The predicted octanol–water partition coefficient (Wildman–Crippen LogP) is 4.44. The van der Waals surface area contributed by atoms with Gasteiger partial charge in [0.1, 0.15) is 0 Å². The number of hydrogen-bond acceptors (Lipinski definition) is 4. The number of carbonyl (C=O) groups excluding carboxylic acids is 1. The minimum Gasteiger partial charge on any atom is -0.347 e. The first kappa shape index (κ1) is 16.8. The van der Waals surface area contributed by atoms with E-state index in [4.69, 9.17) is 0 Å². The number of fused-ring (bicyclic) bond motifs is 1. The Balaban J connectivity index is 1.84. The molecule has 1 aliphatic heterocycles. The predicted molar refractivity (Wildman–Crippen MR) is 101 cm³/mol. The summed E-state index contributed by atoms with van der Waals surface area (Å²) in [4.78, 5) is 19.2. The molecule has 0 aliphatic carbocycles. The summed E-state index contributed by atoms with van der Waals surface area (Å²) in [5, 5.41) is 0.708. The third-order valence-electron chi connectivity index (χ3n) is 4.56. The smallest absolute Gasteiger partial charge is 0.170 e. The Bertz CT molecular complexity index is 783. The largest absolute Gasteiger partial charge is 0.347 e. The van der Waals surface area contributed by atoms with E-state index in [0.717, 1.165) is 10.7 Å².